The minimum Gasteiger partial charge on any atom is -0.481 e. The third-order valence-electron chi connectivity index (χ3n) is 3.29. The fourth-order valence-corrected chi connectivity index (χ4v) is 1.90. The molecule has 4 heteroatoms. The lowest BCUT2D eigenvalue weighted by atomic mass is 10.0. The van der Waals surface area contributed by atoms with Crippen LogP contribution in [-0.4, -0.2) is 25.6 Å². The molecule has 1 amide bonds. The Bertz CT molecular complexity index is 446. The molecular formula is C16H26N2O2. The molecule has 2 atom stereocenters. The largest absolute Gasteiger partial charge is 0.481 e. The van der Waals surface area contributed by atoms with Crippen LogP contribution in [0.25, 0.3) is 0 Å². The van der Waals surface area contributed by atoms with Crippen LogP contribution in [0.15, 0.2) is 18.2 Å². The highest BCUT2D eigenvalue weighted by Gasteiger charge is 2.17. The zero-order valence-electron chi connectivity index (χ0n) is 13.1. The van der Waals surface area contributed by atoms with E-state index in [1.807, 2.05) is 33.0 Å². The van der Waals surface area contributed by atoms with Gasteiger partial charge < -0.3 is 15.4 Å². The first-order chi connectivity index (χ1) is 9.49. The third-order valence-corrected chi connectivity index (χ3v) is 3.29. The molecule has 0 aliphatic rings. The summed E-state index contributed by atoms with van der Waals surface area (Å²) < 4.78 is 5.83. The first-order valence-corrected chi connectivity index (χ1v) is 7.21. The Labute approximate surface area is 121 Å². The van der Waals surface area contributed by atoms with E-state index < -0.39 is 6.10 Å². The third kappa shape index (κ3) is 4.53. The van der Waals surface area contributed by atoms with Crippen molar-refractivity contribution in [1.29, 1.82) is 0 Å². The Morgan fingerprint density at radius 2 is 2.05 bits per heavy atom. The summed E-state index contributed by atoms with van der Waals surface area (Å²) in [6, 6.07) is 6.20. The zero-order chi connectivity index (χ0) is 15.1. The van der Waals surface area contributed by atoms with Crippen LogP contribution in [0.3, 0.4) is 0 Å². The number of rotatable bonds is 7. The van der Waals surface area contributed by atoms with E-state index >= 15 is 0 Å². The minimum atomic E-state index is -0.493. The smallest absolute Gasteiger partial charge is 0.260 e. The summed E-state index contributed by atoms with van der Waals surface area (Å²) in [5, 5.41) is 6.05. The molecule has 1 aromatic rings. The van der Waals surface area contributed by atoms with E-state index in [1.54, 1.807) is 6.92 Å². The number of ether oxygens (including phenoxy) is 1. The predicted octanol–water partition coefficient (Wildman–Crippen LogP) is 2.57. The average Bonchev–Trinajstić information content (AvgIpc) is 2.45. The monoisotopic (exact) mass is 278 g/mol. The lowest BCUT2D eigenvalue weighted by Crippen LogP contribution is -2.37. The van der Waals surface area contributed by atoms with Crippen LogP contribution >= 0.6 is 0 Å². The standard InChI is InChI=1S/C16H26N2O2/c1-6-9-18-16(19)13(4)20-15-8-7-11(2)10-14(15)12(3)17-5/h7-8,10,12-13,17H,6,9H2,1-5H3,(H,18,19). The summed E-state index contributed by atoms with van der Waals surface area (Å²) >= 11 is 0. The molecule has 1 rings (SSSR count). The van der Waals surface area contributed by atoms with Gasteiger partial charge in [-0.3, -0.25) is 4.79 Å². The van der Waals surface area contributed by atoms with Crippen molar-refractivity contribution >= 4 is 5.91 Å². The second-order valence-corrected chi connectivity index (χ2v) is 5.10. The highest BCUT2D eigenvalue weighted by Crippen LogP contribution is 2.27. The van der Waals surface area contributed by atoms with Crippen molar-refractivity contribution < 1.29 is 9.53 Å². The summed E-state index contributed by atoms with van der Waals surface area (Å²) in [4.78, 5) is 11.9. The van der Waals surface area contributed by atoms with Crippen LogP contribution in [-0.2, 0) is 4.79 Å². The van der Waals surface area contributed by atoms with Gasteiger partial charge in [0.25, 0.3) is 5.91 Å². The minimum absolute atomic E-state index is 0.0736. The second kappa shape index (κ2) is 7.90. The first kappa shape index (κ1) is 16.5. The molecule has 0 heterocycles. The van der Waals surface area contributed by atoms with Crippen LogP contribution in [0.4, 0.5) is 0 Å². The average molecular weight is 278 g/mol. The molecule has 0 aromatic heterocycles. The van der Waals surface area contributed by atoms with Crippen LogP contribution in [0.5, 0.6) is 5.75 Å². The molecular weight excluding hydrogens is 252 g/mol. The SMILES string of the molecule is CCCNC(=O)C(C)Oc1ccc(C)cc1C(C)NC. The van der Waals surface area contributed by atoms with E-state index in [9.17, 15) is 4.79 Å². The van der Waals surface area contributed by atoms with E-state index in [1.165, 1.54) is 5.56 Å². The van der Waals surface area contributed by atoms with Gasteiger partial charge in [0.15, 0.2) is 6.10 Å². The van der Waals surface area contributed by atoms with Crippen LogP contribution in [0, 0.1) is 6.92 Å². The molecule has 0 aliphatic heterocycles. The summed E-state index contributed by atoms with van der Waals surface area (Å²) in [6.45, 7) is 8.61. The normalized spacial score (nSPS) is 13.7. The topological polar surface area (TPSA) is 50.4 Å². The van der Waals surface area contributed by atoms with Gasteiger partial charge >= 0.3 is 0 Å². The summed E-state index contributed by atoms with van der Waals surface area (Å²) in [5.74, 6) is 0.687. The van der Waals surface area contributed by atoms with Gasteiger partial charge in [-0.1, -0.05) is 24.6 Å². The number of carbonyl (C=O) groups excluding carboxylic acids is 1. The lowest BCUT2D eigenvalue weighted by Gasteiger charge is -2.20. The van der Waals surface area contributed by atoms with Gasteiger partial charge in [0.2, 0.25) is 0 Å². The molecule has 0 saturated carbocycles. The van der Waals surface area contributed by atoms with Crippen molar-refractivity contribution in [1.82, 2.24) is 10.6 Å². The van der Waals surface area contributed by atoms with Crippen molar-refractivity contribution in [2.45, 2.75) is 46.3 Å². The summed E-state index contributed by atoms with van der Waals surface area (Å²) in [7, 11) is 1.91. The van der Waals surface area contributed by atoms with Crippen molar-refractivity contribution in [2.75, 3.05) is 13.6 Å². The van der Waals surface area contributed by atoms with Crippen LogP contribution in [0.2, 0.25) is 0 Å². The predicted molar refractivity (Wildman–Crippen MR) is 82.0 cm³/mol. The van der Waals surface area contributed by atoms with Crippen molar-refractivity contribution in [3.05, 3.63) is 29.3 Å². The maximum atomic E-state index is 11.9. The number of hydrogen-bond acceptors (Lipinski definition) is 3. The number of hydrogen-bond donors (Lipinski definition) is 2. The van der Waals surface area contributed by atoms with E-state index in [-0.39, 0.29) is 11.9 Å². The van der Waals surface area contributed by atoms with E-state index in [0.717, 1.165) is 17.7 Å². The van der Waals surface area contributed by atoms with Gasteiger partial charge in [0.05, 0.1) is 0 Å². The quantitative estimate of drug-likeness (QED) is 0.806. The van der Waals surface area contributed by atoms with Gasteiger partial charge in [-0.15, -0.1) is 0 Å². The zero-order valence-corrected chi connectivity index (χ0v) is 13.1. The maximum Gasteiger partial charge on any atom is 0.260 e. The van der Waals surface area contributed by atoms with Gasteiger partial charge in [-0.2, -0.15) is 0 Å². The highest BCUT2D eigenvalue weighted by molar-refractivity contribution is 5.80. The molecule has 112 valence electrons. The summed E-state index contributed by atoms with van der Waals surface area (Å²) in [5.41, 5.74) is 2.25. The van der Waals surface area contributed by atoms with Gasteiger partial charge in [-0.25, -0.2) is 0 Å². The molecule has 0 bridgehead atoms. The fourth-order valence-electron chi connectivity index (χ4n) is 1.90. The van der Waals surface area contributed by atoms with E-state index in [0.29, 0.717) is 6.54 Å². The molecule has 2 unspecified atom stereocenters. The van der Waals surface area contributed by atoms with Crippen molar-refractivity contribution in [3.8, 4) is 5.75 Å². The number of nitrogens with one attached hydrogen (secondary N) is 2. The Kier molecular flexibility index (Phi) is 6.52. The first-order valence-electron chi connectivity index (χ1n) is 7.21. The molecule has 2 N–H and O–H groups in total. The Hall–Kier alpha value is -1.55. The van der Waals surface area contributed by atoms with Gasteiger partial charge in [-0.05, 0) is 40.3 Å². The Balaban J connectivity index is 2.83. The van der Waals surface area contributed by atoms with Crippen LogP contribution < -0.4 is 15.4 Å². The number of amides is 1. The molecule has 0 fully saturated rings. The highest BCUT2D eigenvalue weighted by atomic mass is 16.5. The van der Waals surface area contributed by atoms with E-state index in [4.69, 9.17) is 4.74 Å². The second-order valence-electron chi connectivity index (χ2n) is 5.10. The number of carbonyl (C=O) groups is 1. The molecule has 0 aliphatic carbocycles. The van der Waals surface area contributed by atoms with Gasteiger partial charge in [0.1, 0.15) is 5.75 Å². The fraction of sp³-hybridized carbons (Fsp3) is 0.562. The molecule has 0 saturated heterocycles. The Morgan fingerprint density at radius 3 is 2.65 bits per heavy atom. The van der Waals surface area contributed by atoms with E-state index in [2.05, 4.69) is 23.6 Å². The maximum absolute atomic E-state index is 11.9. The molecule has 1 aromatic carbocycles. The molecule has 0 spiro atoms. The lowest BCUT2D eigenvalue weighted by molar-refractivity contribution is -0.127. The number of aryl methyl sites for hydroxylation is 1. The summed E-state index contributed by atoms with van der Waals surface area (Å²) in [6.07, 6.45) is 0.428. The van der Waals surface area contributed by atoms with Crippen molar-refractivity contribution in [2.24, 2.45) is 0 Å². The Morgan fingerprint density at radius 1 is 1.35 bits per heavy atom. The number of benzene rings is 1. The molecule has 0 radical (unpaired) electrons. The molecule has 20 heavy (non-hydrogen) atoms. The molecule has 4 nitrogen and oxygen atoms in total. The van der Waals surface area contributed by atoms with Crippen molar-refractivity contribution in [3.63, 3.8) is 0 Å². The van der Waals surface area contributed by atoms with Crippen LogP contribution in [0.1, 0.15) is 44.4 Å². The van der Waals surface area contributed by atoms with Gasteiger partial charge in [0, 0.05) is 18.2 Å².